The molecule has 1 atom stereocenters. The third kappa shape index (κ3) is 8.80. The summed E-state index contributed by atoms with van der Waals surface area (Å²) in [6.07, 6.45) is 1.63. The first-order valence-electron chi connectivity index (χ1n) is 15.8. The number of anilines is 2. The van der Waals surface area contributed by atoms with Crippen molar-refractivity contribution in [2.24, 2.45) is 0 Å². The van der Waals surface area contributed by atoms with Gasteiger partial charge in [0.15, 0.2) is 0 Å². The Morgan fingerprint density at radius 3 is 1.84 bits per heavy atom. The molecule has 6 rings (SSSR count). The molecule has 0 heterocycles. The minimum Gasteiger partial charge on any atom is -0.322 e. The fourth-order valence-electron chi connectivity index (χ4n) is 5.12. The number of carbonyl (C=O) groups excluding carboxylic acids is 3. The monoisotopic (exact) mass is 677 g/mol. The Balaban J connectivity index is 1.20. The summed E-state index contributed by atoms with van der Waals surface area (Å²) >= 11 is 1.30. The number of rotatable bonds is 11. The lowest BCUT2D eigenvalue weighted by Gasteiger charge is -2.18. The zero-order valence-electron chi connectivity index (χ0n) is 26.8. The summed E-state index contributed by atoms with van der Waals surface area (Å²) < 4.78 is 14.3. The first-order chi connectivity index (χ1) is 24.4. The summed E-state index contributed by atoms with van der Waals surface area (Å²) in [7, 11) is 0. The second kappa shape index (κ2) is 16.2. The van der Waals surface area contributed by atoms with Crippen LogP contribution in [-0.4, -0.2) is 17.7 Å². The first-order valence-corrected chi connectivity index (χ1v) is 16.7. The number of thioether (sulfide) groups is 1. The van der Waals surface area contributed by atoms with Gasteiger partial charge in [-0.2, -0.15) is 0 Å². The Labute approximate surface area is 294 Å². The van der Waals surface area contributed by atoms with Crippen molar-refractivity contribution in [1.82, 2.24) is 5.32 Å². The summed E-state index contributed by atoms with van der Waals surface area (Å²) in [5, 5.41) is 7.68. The summed E-state index contributed by atoms with van der Waals surface area (Å²) in [6, 6.07) is 48.7. The van der Waals surface area contributed by atoms with E-state index in [0.29, 0.717) is 11.3 Å². The molecule has 3 N–H and O–H groups in total. The Bertz CT molecular complexity index is 2110. The second-order valence-electron chi connectivity index (χ2n) is 11.2. The average Bonchev–Trinajstić information content (AvgIpc) is 3.16. The van der Waals surface area contributed by atoms with Gasteiger partial charge in [0.2, 0.25) is 5.91 Å². The molecule has 3 amide bonds. The predicted molar refractivity (Wildman–Crippen MR) is 199 cm³/mol. The van der Waals surface area contributed by atoms with Gasteiger partial charge in [0.1, 0.15) is 16.8 Å². The van der Waals surface area contributed by atoms with E-state index in [1.807, 2.05) is 91.0 Å². The van der Waals surface area contributed by atoms with Crippen LogP contribution in [0.3, 0.4) is 0 Å². The van der Waals surface area contributed by atoms with Gasteiger partial charge >= 0.3 is 0 Å². The number of amides is 3. The zero-order chi connectivity index (χ0) is 34.7. The van der Waals surface area contributed by atoms with Gasteiger partial charge < -0.3 is 16.0 Å². The number of hydrogen-bond acceptors (Lipinski definition) is 4. The van der Waals surface area contributed by atoms with Crippen LogP contribution in [0.15, 0.2) is 174 Å². The topological polar surface area (TPSA) is 87.3 Å². The molecule has 0 aliphatic rings. The van der Waals surface area contributed by atoms with Crippen molar-refractivity contribution in [3.63, 3.8) is 0 Å². The van der Waals surface area contributed by atoms with Gasteiger partial charge in [-0.15, -0.1) is 11.8 Å². The average molecular weight is 678 g/mol. The van der Waals surface area contributed by atoms with Gasteiger partial charge in [0, 0.05) is 16.1 Å². The molecule has 0 saturated heterocycles. The molecule has 246 valence electrons. The highest BCUT2D eigenvalue weighted by Gasteiger charge is 2.23. The minimum atomic E-state index is -0.674. The normalized spacial score (nSPS) is 11.7. The van der Waals surface area contributed by atoms with E-state index in [0.717, 1.165) is 27.1 Å². The number of para-hydroxylation sites is 1. The quantitative estimate of drug-likeness (QED) is 0.0942. The van der Waals surface area contributed by atoms with Gasteiger partial charge in [0.05, 0.1) is 5.69 Å². The van der Waals surface area contributed by atoms with Gasteiger partial charge in [0.25, 0.3) is 11.8 Å². The van der Waals surface area contributed by atoms with Crippen molar-refractivity contribution in [3.05, 3.63) is 192 Å². The number of carbonyl (C=O) groups is 3. The molecule has 0 fully saturated rings. The molecule has 1 unspecified atom stereocenters. The minimum absolute atomic E-state index is 0.0683. The second-order valence-corrected chi connectivity index (χ2v) is 12.4. The highest BCUT2D eigenvalue weighted by atomic mass is 32.2. The maximum Gasteiger partial charge on any atom is 0.272 e. The van der Waals surface area contributed by atoms with Crippen LogP contribution < -0.4 is 16.0 Å². The third-order valence-corrected chi connectivity index (χ3v) is 8.96. The fourth-order valence-corrected chi connectivity index (χ4v) is 6.15. The van der Waals surface area contributed by atoms with Gasteiger partial charge in [-0.3, -0.25) is 14.4 Å². The SMILES string of the molecule is O=C(Nc1ccc(SC(C(=O)Nc2ccccc2F)c2ccccc2)cc1)/C(=C/c1ccc(-c2ccccc2)cc1)NC(=O)c1ccccc1. The van der Waals surface area contributed by atoms with Crippen LogP contribution in [0.4, 0.5) is 15.8 Å². The Hall–Kier alpha value is -6.25. The molecule has 0 bridgehead atoms. The molecule has 6 aromatic rings. The highest BCUT2D eigenvalue weighted by molar-refractivity contribution is 8.00. The van der Waals surface area contributed by atoms with Crippen LogP contribution in [0.25, 0.3) is 17.2 Å². The van der Waals surface area contributed by atoms with Crippen molar-refractivity contribution >= 4 is 46.9 Å². The summed E-state index contributed by atoms with van der Waals surface area (Å²) in [4.78, 5) is 40.9. The van der Waals surface area contributed by atoms with E-state index in [1.54, 1.807) is 66.7 Å². The zero-order valence-corrected chi connectivity index (χ0v) is 27.6. The summed E-state index contributed by atoms with van der Waals surface area (Å²) in [5.41, 5.74) is 4.66. The van der Waals surface area contributed by atoms with Gasteiger partial charge in [-0.05, 0) is 76.9 Å². The lowest BCUT2D eigenvalue weighted by molar-refractivity contribution is -0.116. The van der Waals surface area contributed by atoms with Crippen LogP contribution in [0.2, 0.25) is 0 Å². The largest absolute Gasteiger partial charge is 0.322 e. The van der Waals surface area contributed by atoms with Crippen LogP contribution in [0.5, 0.6) is 0 Å². The van der Waals surface area contributed by atoms with E-state index in [2.05, 4.69) is 16.0 Å². The van der Waals surface area contributed by atoms with Gasteiger partial charge in [-0.25, -0.2) is 4.39 Å². The van der Waals surface area contributed by atoms with E-state index in [1.165, 1.54) is 23.9 Å². The maximum atomic E-state index is 14.3. The number of halogens is 1. The highest BCUT2D eigenvalue weighted by Crippen LogP contribution is 2.37. The Morgan fingerprint density at radius 1 is 0.600 bits per heavy atom. The van der Waals surface area contributed by atoms with Crippen LogP contribution in [0, 0.1) is 5.82 Å². The molecular formula is C42H32FN3O3S. The molecule has 6 nitrogen and oxygen atoms in total. The number of nitrogens with one attached hydrogen (secondary N) is 3. The van der Waals surface area contributed by atoms with E-state index >= 15 is 0 Å². The van der Waals surface area contributed by atoms with Crippen molar-refractivity contribution < 1.29 is 18.8 Å². The Morgan fingerprint density at radius 2 is 1.18 bits per heavy atom. The van der Waals surface area contributed by atoms with Crippen molar-refractivity contribution in [3.8, 4) is 11.1 Å². The van der Waals surface area contributed by atoms with Crippen molar-refractivity contribution in [1.29, 1.82) is 0 Å². The smallest absolute Gasteiger partial charge is 0.272 e. The summed E-state index contributed by atoms with van der Waals surface area (Å²) in [5.74, 6) is -1.81. The molecule has 0 radical (unpaired) electrons. The van der Waals surface area contributed by atoms with E-state index in [4.69, 9.17) is 0 Å². The third-order valence-electron chi connectivity index (χ3n) is 7.70. The molecule has 6 aromatic carbocycles. The van der Waals surface area contributed by atoms with Crippen LogP contribution >= 0.6 is 11.8 Å². The molecular weight excluding hydrogens is 646 g/mol. The predicted octanol–water partition coefficient (Wildman–Crippen LogP) is 9.37. The fraction of sp³-hybridized carbons (Fsp3) is 0.0238. The van der Waals surface area contributed by atoms with E-state index < -0.39 is 22.9 Å². The molecule has 8 heteroatoms. The lowest BCUT2D eigenvalue weighted by Crippen LogP contribution is -2.30. The van der Waals surface area contributed by atoms with Crippen LogP contribution in [0.1, 0.15) is 26.7 Å². The molecule has 0 aromatic heterocycles. The van der Waals surface area contributed by atoms with Crippen molar-refractivity contribution in [2.45, 2.75) is 10.1 Å². The molecule has 0 aliphatic heterocycles. The standard InChI is InChI=1S/C42H32FN3O3S/c43-36-18-10-11-19-37(36)45-42(49)39(32-14-6-2-7-15-32)50-35-26-24-34(25-27-35)44-41(48)38(46-40(47)33-16-8-3-9-17-33)28-29-20-22-31(23-21-29)30-12-4-1-5-13-30/h1-28,39H,(H,44,48)(H,45,49)(H,46,47)/b38-28-. The lowest BCUT2D eigenvalue weighted by atomic mass is 10.0. The summed E-state index contributed by atoms with van der Waals surface area (Å²) in [6.45, 7) is 0. The Kier molecular flexibility index (Phi) is 10.9. The van der Waals surface area contributed by atoms with E-state index in [9.17, 15) is 18.8 Å². The molecule has 0 aliphatic carbocycles. The number of hydrogen-bond donors (Lipinski definition) is 3. The van der Waals surface area contributed by atoms with E-state index in [-0.39, 0.29) is 17.3 Å². The molecule has 0 saturated carbocycles. The van der Waals surface area contributed by atoms with Crippen LogP contribution in [-0.2, 0) is 9.59 Å². The van der Waals surface area contributed by atoms with Crippen molar-refractivity contribution in [2.75, 3.05) is 10.6 Å². The number of benzene rings is 6. The molecule has 0 spiro atoms. The first kappa shape index (κ1) is 33.6. The van der Waals surface area contributed by atoms with Gasteiger partial charge in [-0.1, -0.05) is 115 Å². The molecule has 50 heavy (non-hydrogen) atoms. The maximum absolute atomic E-state index is 14.3.